The lowest BCUT2D eigenvalue weighted by molar-refractivity contribution is -0.141. The summed E-state index contributed by atoms with van der Waals surface area (Å²) < 4.78 is 41.1. The Morgan fingerprint density at radius 1 is 1.42 bits per heavy atom. The Labute approximate surface area is 135 Å². The number of hydrogen-bond acceptors (Lipinski definition) is 5. The standard InChI is InChI=1S/C13H16F3N7O/c1-21-6-10(13(14,15)16)18-12(21)9-3-2-4-22(5-9)11(24)7-23-8-17-19-20-23/h6,8-9H,2-5,7H2,1H3. The summed E-state index contributed by atoms with van der Waals surface area (Å²) in [7, 11) is 1.54. The molecule has 0 radical (unpaired) electrons. The Hall–Kier alpha value is -2.46. The van der Waals surface area contributed by atoms with Gasteiger partial charge in [0.15, 0.2) is 5.69 Å². The van der Waals surface area contributed by atoms with E-state index < -0.39 is 11.9 Å². The molecule has 0 N–H and O–H groups in total. The Balaban J connectivity index is 1.71. The summed E-state index contributed by atoms with van der Waals surface area (Å²) in [5.74, 6) is -0.0443. The number of tetrazole rings is 1. The molecular weight excluding hydrogens is 327 g/mol. The first kappa shape index (κ1) is 16.4. The third-order valence-electron chi connectivity index (χ3n) is 4.03. The van der Waals surface area contributed by atoms with Crippen molar-refractivity contribution in [1.82, 2.24) is 34.7 Å². The third kappa shape index (κ3) is 3.39. The fourth-order valence-corrected chi connectivity index (χ4v) is 2.90. The van der Waals surface area contributed by atoms with Crippen molar-refractivity contribution in [1.29, 1.82) is 0 Å². The molecular formula is C13H16F3N7O. The van der Waals surface area contributed by atoms with Crippen molar-refractivity contribution >= 4 is 5.91 Å². The summed E-state index contributed by atoms with van der Waals surface area (Å²) >= 11 is 0. The highest BCUT2D eigenvalue weighted by atomic mass is 19.4. The fourth-order valence-electron chi connectivity index (χ4n) is 2.90. The van der Waals surface area contributed by atoms with Gasteiger partial charge in [0, 0.05) is 32.3 Å². The topological polar surface area (TPSA) is 81.7 Å². The average molecular weight is 343 g/mol. The van der Waals surface area contributed by atoms with Crippen molar-refractivity contribution in [2.24, 2.45) is 7.05 Å². The van der Waals surface area contributed by atoms with E-state index in [9.17, 15) is 18.0 Å². The monoisotopic (exact) mass is 343 g/mol. The first-order chi connectivity index (χ1) is 11.3. The van der Waals surface area contributed by atoms with Gasteiger partial charge in [-0.3, -0.25) is 4.79 Å². The molecule has 0 aliphatic carbocycles. The molecule has 11 heteroatoms. The second-order valence-electron chi connectivity index (χ2n) is 5.78. The summed E-state index contributed by atoms with van der Waals surface area (Å²) in [6.07, 6.45) is -0.748. The normalized spacial score (nSPS) is 18.8. The van der Waals surface area contributed by atoms with Crippen LogP contribution in [0, 0.1) is 0 Å². The summed E-state index contributed by atoms with van der Waals surface area (Å²) in [6.45, 7) is 0.908. The van der Waals surface area contributed by atoms with E-state index in [2.05, 4.69) is 20.5 Å². The smallest absolute Gasteiger partial charge is 0.340 e. The molecule has 0 bridgehead atoms. The Kier molecular flexibility index (Phi) is 4.24. The van der Waals surface area contributed by atoms with Crippen molar-refractivity contribution in [3.05, 3.63) is 24.0 Å². The number of hydrogen-bond donors (Lipinski definition) is 0. The number of imidazole rings is 1. The molecule has 0 saturated carbocycles. The zero-order valence-electron chi connectivity index (χ0n) is 12.9. The molecule has 2 aromatic heterocycles. The van der Waals surface area contributed by atoms with Gasteiger partial charge in [0.05, 0.1) is 0 Å². The molecule has 1 saturated heterocycles. The van der Waals surface area contributed by atoms with E-state index in [1.54, 1.807) is 11.9 Å². The number of aryl methyl sites for hydroxylation is 1. The summed E-state index contributed by atoms with van der Waals surface area (Å²) in [5.41, 5.74) is -0.905. The molecule has 3 heterocycles. The molecule has 3 rings (SSSR count). The first-order valence-electron chi connectivity index (χ1n) is 7.43. The number of carbonyl (C=O) groups excluding carboxylic acids is 1. The minimum Gasteiger partial charge on any atom is -0.340 e. The quantitative estimate of drug-likeness (QED) is 0.825. The predicted octanol–water partition coefficient (Wildman–Crippen LogP) is 0.832. The minimum atomic E-state index is -4.47. The van der Waals surface area contributed by atoms with Crippen LogP contribution in [0.5, 0.6) is 0 Å². The Morgan fingerprint density at radius 3 is 2.83 bits per heavy atom. The minimum absolute atomic E-state index is 0.00802. The molecule has 1 aliphatic heterocycles. The highest BCUT2D eigenvalue weighted by Gasteiger charge is 2.36. The van der Waals surface area contributed by atoms with Gasteiger partial charge >= 0.3 is 6.18 Å². The first-order valence-corrected chi connectivity index (χ1v) is 7.43. The van der Waals surface area contributed by atoms with Crippen molar-refractivity contribution in [3.63, 3.8) is 0 Å². The second kappa shape index (κ2) is 6.21. The maximum atomic E-state index is 12.8. The highest BCUT2D eigenvalue weighted by molar-refractivity contribution is 5.76. The van der Waals surface area contributed by atoms with E-state index in [-0.39, 0.29) is 18.4 Å². The van der Waals surface area contributed by atoms with Crippen molar-refractivity contribution in [2.75, 3.05) is 13.1 Å². The lowest BCUT2D eigenvalue weighted by atomic mass is 9.97. The number of nitrogens with zero attached hydrogens (tertiary/aromatic N) is 7. The molecule has 2 aromatic rings. The lowest BCUT2D eigenvalue weighted by Gasteiger charge is -2.32. The van der Waals surface area contributed by atoms with Gasteiger partial charge in [-0.25, -0.2) is 9.67 Å². The van der Waals surface area contributed by atoms with Crippen LogP contribution in [0.3, 0.4) is 0 Å². The van der Waals surface area contributed by atoms with E-state index in [0.717, 1.165) is 6.20 Å². The van der Waals surface area contributed by atoms with Gasteiger partial charge in [-0.2, -0.15) is 13.2 Å². The largest absolute Gasteiger partial charge is 0.434 e. The molecule has 1 amide bonds. The SMILES string of the molecule is Cn1cc(C(F)(F)F)nc1C1CCCN(C(=O)Cn2cnnn2)C1. The number of halogens is 3. The van der Waals surface area contributed by atoms with Crippen LogP contribution in [-0.4, -0.2) is 53.7 Å². The molecule has 0 spiro atoms. The average Bonchev–Trinajstić information content (AvgIpc) is 3.16. The number of piperidine rings is 1. The van der Waals surface area contributed by atoms with Crippen LogP contribution in [-0.2, 0) is 24.6 Å². The number of alkyl halides is 3. The molecule has 1 unspecified atom stereocenters. The molecule has 1 fully saturated rings. The van der Waals surface area contributed by atoms with E-state index in [0.29, 0.717) is 31.8 Å². The maximum Gasteiger partial charge on any atom is 0.434 e. The van der Waals surface area contributed by atoms with Gasteiger partial charge < -0.3 is 9.47 Å². The number of aromatic nitrogens is 6. The molecule has 1 aliphatic rings. The van der Waals surface area contributed by atoms with Crippen LogP contribution in [0.25, 0.3) is 0 Å². The van der Waals surface area contributed by atoms with Crippen LogP contribution in [0.1, 0.15) is 30.3 Å². The number of rotatable bonds is 3. The van der Waals surface area contributed by atoms with Gasteiger partial charge in [-0.1, -0.05) is 0 Å². The zero-order chi connectivity index (χ0) is 17.3. The highest BCUT2D eigenvalue weighted by Crippen LogP contribution is 2.32. The fraction of sp³-hybridized carbons (Fsp3) is 0.615. The van der Waals surface area contributed by atoms with E-state index in [1.807, 2.05) is 0 Å². The number of carbonyl (C=O) groups is 1. The van der Waals surface area contributed by atoms with Gasteiger partial charge in [0.2, 0.25) is 5.91 Å². The van der Waals surface area contributed by atoms with Gasteiger partial charge in [-0.15, -0.1) is 5.10 Å². The lowest BCUT2D eigenvalue weighted by Crippen LogP contribution is -2.41. The molecule has 8 nitrogen and oxygen atoms in total. The Bertz CT molecular complexity index is 710. The van der Waals surface area contributed by atoms with E-state index >= 15 is 0 Å². The van der Waals surface area contributed by atoms with Gasteiger partial charge in [-0.05, 0) is 23.3 Å². The zero-order valence-corrected chi connectivity index (χ0v) is 12.9. The van der Waals surface area contributed by atoms with Gasteiger partial charge in [0.25, 0.3) is 0 Å². The summed E-state index contributed by atoms with van der Waals surface area (Å²) in [6, 6.07) is 0. The number of amides is 1. The number of likely N-dealkylation sites (tertiary alicyclic amines) is 1. The van der Waals surface area contributed by atoms with Crippen LogP contribution in [0.15, 0.2) is 12.5 Å². The van der Waals surface area contributed by atoms with Crippen LogP contribution >= 0.6 is 0 Å². The van der Waals surface area contributed by atoms with E-state index in [4.69, 9.17) is 0 Å². The molecule has 1 atom stereocenters. The van der Waals surface area contributed by atoms with Crippen molar-refractivity contribution in [2.45, 2.75) is 31.5 Å². The predicted molar refractivity (Wildman–Crippen MR) is 74.6 cm³/mol. The molecule has 24 heavy (non-hydrogen) atoms. The second-order valence-corrected chi connectivity index (χ2v) is 5.78. The van der Waals surface area contributed by atoms with Crippen LogP contribution < -0.4 is 0 Å². The van der Waals surface area contributed by atoms with Gasteiger partial charge in [0.1, 0.15) is 18.7 Å². The third-order valence-corrected chi connectivity index (χ3v) is 4.03. The van der Waals surface area contributed by atoms with Crippen LogP contribution in [0.4, 0.5) is 13.2 Å². The summed E-state index contributed by atoms with van der Waals surface area (Å²) in [5, 5.41) is 10.6. The van der Waals surface area contributed by atoms with E-state index in [1.165, 1.54) is 15.6 Å². The van der Waals surface area contributed by atoms with Crippen LogP contribution in [0.2, 0.25) is 0 Å². The van der Waals surface area contributed by atoms with Crippen molar-refractivity contribution < 1.29 is 18.0 Å². The maximum absolute atomic E-state index is 12.8. The summed E-state index contributed by atoms with van der Waals surface area (Å²) in [4.78, 5) is 17.7. The Morgan fingerprint density at radius 2 is 2.21 bits per heavy atom. The molecule has 130 valence electrons. The van der Waals surface area contributed by atoms with Crippen molar-refractivity contribution in [3.8, 4) is 0 Å². The molecule has 0 aromatic carbocycles.